The average Bonchev–Trinajstić information content (AvgIpc) is 3.37. The second kappa shape index (κ2) is 7.01. The summed E-state index contributed by atoms with van der Waals surface area (Å²) in [5, 5.41) is 3.62. The summed E-state index contributed by atoms with van der Waals surface area (Å²) in [6.45, 7) is 1.29. The van der Waals surface area contributed by atoms with Gasteiger partial charge >= 0.3 is 0 Å². The number of carbonyl (C=O) groups excluding carboxylic acids is 2. The van der Waals surface area contributed by atoms with E-state index >= 15 is 0 Å². The smallest absolute Gasteiger partial charge is 0.230 e. The van der Waals surface area contributed by atoms with E-state index in [9.17, 15) is 9.59 Å². The van der Waals surface area contributed by atoms with Crippen LogP contribution in [0.5, 0.6) is 0 Å². The zero-order valence-electron chi connectivity index (χ0n) is 15.8. The fourth-order valence-electron chi connectivity index (χ4n) is 4.75. The minimum absolute atomic E-state index is 0.0448. The van der Waals surface area contributed by atoms with Crippen LogP contribution in [0.15, 0.2) is 66.7 Å². The van der Waals surface area contributed by atoms with Crippen molar-refractivity contribution in [1.82, 2.24) is 10.2 Å². The molecule has 2 fully saturated rings. The molecule has 5 nitrogen and oxygen atoms in total. The summed E-state index contributed by atoms with van der Waals surface area (Å²) >= 11 is 6.28. The minimum atomic E-state index is -0.711. The molecule has 0 unspecified atom stereocenters. The van der Waals surface area contributed by atoms with E-state index in [0.717, 1.165) is 11.1 Å². The normalized spacial score (nSPS) is 29.3. The molecule has 1 N–H and O–H groups in total. The lowest BCUT2D eigenvalue weighted by molar-refractivity contribution is -0.137. The van der Waals surface area contributed by atoms with Gasteiger partial charge in [-0.25, -0.2) is 0 Å². The topological polar surface area (TPSA) is 58.6 Å². The van der Waals surface area contributed by atoms with Crippen molar-refractivity contribution in [3.8, 4) is 0 Å². The largest absolute Gasteiger partial charge is 0.360 e. The molecule has 4 atom stereocenters. The quantitative estimate of drug-likeness (QED) is 0.774. The van der Waals surface area contributed by atoms with Crippen molar-refractivity contribution in [2.75, 3.05) is 6.54 Å². The molecule has 6 heteroatoms. The van der Waals surface area contributed by atoms with Crippen LogP contribution in [-0.4, -0.2) is 35.0 Å². The van der Waals surface area contributed by atoms with E-state index in [-0.39, 0.29) is 17.9 Å². The van der Waals surface area contributed by atoms with Crippen LogP contribution in [0.25, 0.3) is 0 Å². The molecule has 0 aliphatic carbocycles. The van der Waals surface area contributed by atoms with Gasteiger partial charge in [-0.2, -0.15) is 0 Å². The average molecular weight is 409 g/mol. The molecule has 29 heavy (non-hydrogen) atoms. The molecule has 2 bridgehead atoms. The molecule has 2 amide bonds. The van der Waals surface area contributed by atoms with Gasteiger partial charge in [0.05, 0.1) is 24.5 Å². The molecular formula is C23H21ClN2O3. The summed E-state index contributed by atoms with van der Waals surface area (Å²) in [7, 11) is 0. The van der Waals surface area contributed by atoms with Crippen molar-refractivity contribution in [3.63, 3.8) is 0 Å². The summed E-state index contributed by atoms with van der Waals surface area (Å²) in [5.41, 5.74) is 1.20. The van der Waals surface area contributed by atoms with E-state index in [1.807, 2.05) is 66.7 Å². The van der Waals surface area contributed by atoms with E-state index in [4.69, 9.17) is 16.3 Å². The first-order chi connectivity index (χ1) is 14.1. The molecule has 3 heterocycles. The van der Waals surface area contributed by atoms with Crippen molar-refractivity contribution in [2.24, 2.45) is 11.8 Å². The molecule has 5 rings (SSSR count). The molecule has 3 aliphatic heterocycles. The number of nitrogens with one attached hydrogen (secondary N) is 1. The maximum absolute atomic E-state index is 13.3. The van der Waals surface area contributed by atoms with Gasteiger partial charge in [0.2, 0.25) is 11.8 Å². The highest BCUT2D eigenvalue weighted by molar-refractivity contribution is 6.31. The van der Waals surface area contributed by atoms with E-state index in [0.29, 0.717) is 24.7 Å². The highest BCUT2D eigenvalue weighted by atomic mass is 35.5. The van der Waals surface area contributed by atoms with Gasteiger partial charge in [-0.15, -0.1) is 0 Å². The molecule has 0 radical (unpaired) electrons. The number of hydrogen-bond acceptors (Lipinski definition) is 3. The van der Waals surface area contributed by atoms with Gasteiger partial charge in [0, 0.05) is 18.1 Å². The number of benzene rings is 2. The fourth-order valence-corrected chi connectivity index (χ4v) is 4.94. The second-order valence-electron chi connectivity index (χ2n) is 7.89. The monoisotopic (exact) mass is 408 g/mol. The summed E-state index contributed by atoms with van der Waals surface area (Å²) in [5.74, 6) is -1.18. The molecule has 2 saturated heterocycles. The molecule has 3 aliphatic rings. The lowest BCUT2D eigenvalue weighted by Crippen LogP contribution is -2.43. The number of rotatable bonds is 5. The van der Waals surface area contributed by atoms with Gasteiger partial charge in [0.25, 0.3) is 0 Å². The van der Waals surface area contributed by atoms with Gasteiger partial charge in [-0.3, -0.25) is 9.59 Å². The van der Waals surface area contributed by atoms with Crippen LogP contribution in [0.4, 0.5) is 0 Å². The van der Waals surface area contributed by atoms with Crippen molar-refractivity contribution in [1.29, 1.82) is 0 Å². The Kier molecular flexibility index (Phi) is 4.45. The molecule has 148 valence electrons. The standard InChI is InChI=1S/C23H21ClN2O3/c24-17-9-5-4-8-16(17)13-26-14-23-11-10-18(29-23)19(20(23)22(26)28)21(27)25-12-15-6-2-1-3-7-15/h1-11,18-20H,12-14H2,(H,25,27)/t18-,19+,20-,23-/m0/s1. The van der Waals surface area contributed by atoms with Gasteiger partial charge < -0.3 is 15.0 Å². The molecule has 1 spiro atoms. The summed E-state index contributed by atoms with van der Waals surface area (Å²) in [6, 6.07) is 17.2. The Morgan fingerprint density at radius 2 is 1.93 bits per heavy atom. The predicted molar refractivity (Wildman–Crippen MR) is 109 cm³/mol. The number of hydrogen-bond donors (Lipinski definition) is 1. The fraction of sp³-hybridized carbons (Fsp3) is 0.304. The van der Waals surface area contributed by atoms with Gasteiger partial charge in [-0.05, 0) is 17.2 Å². The summed E-state index contributed by atoms with van der Waals surface area (Å²) < 4.78 is 6.17. The van der Waals surface area contributed by atoms with E-state index in [1.165, 1.54) is 0 Å². The Morgan fingerprint density at radius 1 is 1.17 bits per heavy atom. The number of ether oxygens (including phenoxy) is 1. The van der Waals surface area contributed by atoms with Crippen molar-refractivity contribution < 1.29 is 14.3 Å². The number of likely N-dealkylation sites (tertiary alicyclic amines) is 1. The van der Waals surface area contributed by atoms with Crippen LogP contribution in [0.2, 0.25) is 5.02 Å². The number of halogens is 1. The van der Waals surface area contributed by atoms with Gasteiger partial charge in [0.15, 0.2) is 0 Å². The van der Waals surface area contributed by atoms with Crippen LogP contribution >= 0.6 is 11.6 Å². The van der Waals surface area contributed by atoms with Gasteiger partial charge in [0.1, 0.15) is 5.60 Å². The van der Waals surface area contributed by atoms with Crippen LogP contribution in [0.1, 0.15) is 11.1 Å². The maximum atomic E-state index is 13.3. The van der Waals surface area contributed by atoms with Crippen LogP contribution in [-0.2, 0) is 27.4 Å². The van der Waals surface area contributed by atoms with Crippen molar-refractivity contribution >= 4 is 23.4 Å². The third-order valence-corrected chi connectivity index (χ3v) is 6.48. The SMILES string of the molecule is O=C(NCc1ccccc1)[C@@H]1[C@@H]2C=C[C@@]3(CN(Cc4ccccc4Cl)C(=O)[C@H]13)O2. The minimum Gasteiger partial charge on any atom is -0.360 e. The Balaban J connectivity index is 1.34. The summed E-state index contributed by atoms with van der Waals surface area (Å²) in [4.78, 5) is 28.0. The third kappa shape index (κ3) is 3.05. The zero-order valence-corrected chi connectivity index (χ0v) is 16.5. The molecule has 0 aromatic heterocycles. The predicted octanol–water partition coefficient (Wildman–Crippen LogP) is 2.94. The first kappa shape index (κ1) is 18.4. The molecule has 2 aromatic rings. The number of amides is 2. The number of fused-ring (bicyclic) bond motifs is 1. The van der Waals surface area contributed by atoms with Crippen LogP contribution in [0.3, 0.4) is 0 Å². The van der Waals surface area contributed by atoms with Crippen LogP contribution < -0.4 is 5.32 Å². The van der Waals surface area contributed by atoms with Gasteiger partial charge in [-0.1, -0.05) is 72.3 Å². The molecule has 2 aromatic carbocycles. The van der Waals surface area contributed by atoms with E-state index in [2.05, 4.69) is 5.32 Å². The number of carbonyl (C=O) groups is 2. The Labute approximate surface area is 174 Å². The van der Waals surface area contributed by atoms with E-state index < -0.39 is 17.4 Å². The first-order valence-corrected chi connectivity index (χ1v) is 10.2. The van der Waals surface area contributed by atoms with Crippen molar-refractivity contribution in [3.05, 3.63) is 82.9 Å². The highest BCUT2D eigenvalue weighted by Gasteiger charge is 2.66. The first-order valence-electron chi connectivity index (χ1n) is 9.78. The summed E-state index contributed by atoms with van der Waals surface area (Å²) in [6.07, 6.45) is 3.55. The molecule has 0 saturated carbocycles. The third-order valence-electron chi connectivity index (χ3n) is 6.11. The van der Waals surface area contributed by atoms with Crippen LogP contribution in [0, 0.1) is 11.8 Å². The Bertz CT molecular complexity index is 993. The maximum Gasteiger partial charge on any atom is 0.230 e. The Morgan fingerprint density at radius 3 is 2.72 bits per heavy atom. The highest BCUT2D eigenvalue weighted by Crippen LogP contribution is 2.52. The van der Waals surface area contributed by atoms with E-state index in [1.54, 1.807) is 4.90 Å². The Hall–Kier alpha value is -2.63. The molecular weight excluding hydrogens is 388 g/mol. The lowest BCUT2D eigenvalue weighted by Gasteiger charge is -2.23. The zero-order chi connectivity index (χ0) is 20.0. The number of nitrogens with zero attached hydrogens (tertiary/aromatic N) is 1. The lowest BCUT2D eigenvalue weighted by atomic mass is 9.77. The van der Waals surface area contributed by atoms with Crippen molar-refractivity contribution in [2.45, 2.75) is 24.8 Å². The second-order valence-corrected chi connectivity index (χ2v) is 8.30.